The van der Waals surface area contributed by atoms with Crippen molar-refractivity contribution in [2.75, 3.05) is 6.54 Å². The molecule has 0 fully saturated rings. The first-order valence-electron chi connectivity index (χ1n) is 4.61. The molecule has 5 heteroatoms. The Morgan fingerprint density at radius 3 is 3.23 bits per heavy atom. The average molecular weight is 245 g/mol. The first-order valence-corrected chi connectivity index (χ1v) is 5.41. The van der Waals surface area contributed by atoms with E-state index in [1.807, 2.05) is 4.68 Å². The molecule has 0 radical (unpaired) electrons. The van der Waals surface area contributed by atoms with Crippen LogP contribution in [0.2, 0.25) is 0 Å². The zero-order valence-electron chi connectivity index (χ0n) is 7.41. The summed E-state index contributed by atoms with van der Waals surface area (Å²) >= 11 is 3.30. The van der Waals surface area contributed by atoms with Crippen LogP contribution in [0.4, 0.5) is 0 Å². The van der Waals surface area contributed by atoms with Crippen LogP contribution >= 0.6 is 15.9 Å². The zero-order chi connectivity index (χ0) is 9.26. The maximum Gasteiger partial charge on any atom is 0.217 e. The molecule has 2 N–H and O–H groups in total. The highest BCUT2D eigenvalue weighted by Crippen LogP contribution is 2.28. The van der Waals surface area contributed by atoms with Gasteiger partial charge in [-0.15, -0.1) is 5.10 Å². The van der Waals surface area contributed by atoms with Crippen molar-refractivity contribution < 1.29 is 0 Å². The number of aromatic nitrogens is 3. The molecule has 0 bridgehead atoms. The summed E-state index contributed by atoms with van der Waals surface area (Å²) in [5, 5.41) is 4.27. The summed E-state index contributed by atoms with van der Waals surface area (Å²) in [5.41, 5.74) is 5.55. The van der Waals surface area contributed by atoms with E-state index in [1.165, 1.54) is 12.8 Å². The van der Waals surface area contributed by atoms with Crippen LogP contribution in [0.3, 0.4) is 0 Å². The molecule has 1 unspecified atom stereocenters. The number of fused-ring (bicyclic) bond motifs is 1. The van der Waals surface area contributed by atoms with Crippen LogP contribution in [0.15, 0.2) is 4.73 Å². The molecule has 0 amide bonds. The highest BCUT2D eigenvalue weighted by atomic mass is 79.9. The molecular formula is C8H13BrN4. The van der Waals surface area contributed by atoms with Gasteiger partial charge in [0, 0.05) is 12.5 Å². The van der Waals surface area contributed by atoms with Crippen molar-refractivity contribution in [3.63, 3.8) is 0 Å². The average Bonchev–Trinajstić information content (AvgIpc) is 2.47. The third-order valence-electron chi connectivity index (χ3n) is 2.48. The largest absolute Gasteiger partial charge is 0.330 e. The topological polar surface area (TPSA) is 56.7 Å². The summed E-state index contributed by atoms with van der Waals surface area (Å²) in [4.78, 5) is 4.36. The van der Waals surface area contributed by atoms with E-state index < -0.39 is 0 Å². The molecule has 1 aliphatic rings. The number of halogens is 1. The van der Waals surface area contributed by atoms with E-state index in [0.717, 1.165) is 25.3 Å². The maximum absolute atomic E-state index is 5.55. The van der Waals surface area contributed by atoms with E-state index in [1.54, 1.807) is 0 Å². The lowest BCUT2D eigenvalue weighted by Gasteiger charge is -2.21. The second-order valence-electron chi connectivity index (χ2n) is 3.38. The smallest absolute Gasteiger partial charge is 0.217 e. The van der Waals surface area contributed by atoms with Gasteiger partial charge in [-0.1, -0.05) is 0 Å². The highest BCUT2D eigenvalue weighted by molar-refractivity contribution is 9.10. The maximum atomic E-state index is 5.55. The van der Waals surface area contributed by atoms with Crippen LogP contribution < -0.4 is 5.73 Å². The molecule has 4 nitrogen and oxygen atoms in total. The lowest BCUT2D eigenvalue weighted by molar-refractivity contribution is 0.403. The van der Waals surface area contributed by atoms with Crippen LogP contribution in [0, 0.1) is 0 Å². The van der Waals surface area contributed by atoms with Crippen molar-refractivity contribution in [3.8, 4) is 0 Å². The molecule has 0 aliphatic carbocycles. The molecule has 0 saturated heterocycles. The molecule has 13 heavy (non-hydrogen) atoms. The van der Waals surface area contributed by atoms with Crippen molar-refractivity contribution >= 4 is 15.9 Å². The van der Waals surface area contributed by atoms with Crippen molar-refractivity contribution in [2.45, 2.75) is 31.7 Å². The van der Waals surface area contributed by atoms with Gasteiger partial charge < -0.3 is 5.73 Å². The fourth-order valence-corrected chi connectivity index (χ4v) is 2.26. The van der Waals surface area contributed by atoms with Gasteiger partial charge in [-0.2, -0.15) is 0 Å². The zero-order valence-corrected chi connectivity index (χ0v) is 9.00. The predicted molar refractivity (Wildman–Crippen MR) is 53.4 cm³/mol. The van der Waals surface area contributed by atoms with E-state index in [9.17, 15) is 0 Å². The molecule has 0 saturated carbocycles. The minimum Gasteiger partial charge on any atom is -0.330 e. The third kappa shape index (κ3) is 1.76. The quantitative estimate of drug-likeness (QED) is 0.853. The van der Waals surface area contributed by atoms with Gasteiger partial charge in [0.15, 0.2) is 0 Å². The number of nitrogens with two attached hydrogens (primary N) is 1. The van der Waals surface area contributed by atoms with Gasteiger partial charge >= 0.3 is 0 Å². The Balaban J connectivity index is 2.25. The molecule has 0 spiro atoms. The summed E-state index contributed by atoms with van der Waals surface area (Å²) in [6, 6.07) is 0. The van der Waals surface area contributed by atoms with E-state index in [0.29, 0.717) is 10.7 Å². The summed E-state index contributed by atoms with van der Waals surface area (Å²) in [6.45, 7) is 1.73. The van der Waals surface area contributed by atoms with Gasteiger partial charge in [0.25, 0.3) is 0 Å². The molecule has 1 atom stereocenters. The van der Waals surface area contributed by atoms with Gasteiger partial charge in [0.1, 0.15) is 5.82 Å². The molecule has 72 valence electrons. The third-order valence-corrected chi connectivity index (χ3v) is 2.81. The standard InChI is InChI=1S/C8H13BrN4/c9-8-11-7-6(3-4-10)2-1-5-13(7)12-8/h6H,1-5,10H2. The lowest BCUT2D eigenvalue weighted by atomic mass is 9.96. The van der Waals surface area contributed by atoms with Crippen LogP contribution in [0.25, 0.3) is 0 Å². The Kier molecular flexibility index (Phi) is 2.64. The summed E-state index contributed by atoms with van der Waals surface area (Å²) in [6.07, 6.45) is 3.40. The number of rotatable bonds is 2. The summed E-state index contributed by atoms with van der Waals surface area (Å²) in [7, 11) is 0. The summed E-state index contributed by atoms with van der Waals surface area (Å²) < 4.78 is 2.69. The Morgan fingerprint density at radius 2 is 2.46 bits per heavy atom. The molecule has 1 aliphatic heterocycles. The Morgan fingerprint density at radius 1 is 1.62 bits per heavy atom. The highest BCUT2D eigenvalue weighted by Gasteiger charge is 2.22. The van der Waals surface area contributed by atoms with Gasteiger partial charge in [0.05, 0.1) is 0 Å². The monoisotopic (exact) mass is 244 g/mol. The van der Waals surface area contributed by atoms with Crippen molar-refractivity contribution in [2.24, 2.45) is 5.73 Å². The molecule has 2 rings (SSSR count). The molecular weight excluding hydrogens is 232 g/mol. The molecule has 1 aromatic rings. The van der Waals surface area contributed by atoms with E-state index >= 15 is 0 Å². The number of nitrogens with zero attached hydrogens (tertiary/aromatic N) is 3. The SMILES string of the molecule is NCCC1CCCn2nc(Br)nc21. The number of aryl methyl sites for hydroxylation is 1. The molecule has 0 aromatic carbocycles. The van der Waals surface area contributed by atoms with Crippen LogP contribution in [-0.2, 0) is 6.54 Å². The predicted octanol–water partition coefficient (Wildman–Crippen LogP) is 1.27. The van der Waals surface area contributed by atoms with E-state index in [2.05, 4.69) is 26.0 Å². The fourth-order valence-electron chi connectivity index (χ4n) is 1.88. The molecule has 1 aromatic heterocycles. The first-order chi connectivity index (χ1) is 6.31. The Labute approximate surface area is 85.6 Å². The van der Waals surface area contributed by atoms with Crippen molar-refractivity contribution in [3.05, 3.63) is 10.6 Å². The first kappa shape index (κ1) is 9.15. The Bertz CT molecular complexity index is 296. The number of hydrogen-bond acceptors (Lipinski definition) is 3. The summed E-state index contributed by atoms with van der Waals surface area (Å²) in [5.74, 6) is 1.61. The van der Waals surface area contributed by atoms with Crippen molar-refractivity contribution in [1.82, 2.24) is 14.8 Å². The van der Waals surface area contributed by atoms with Gasteiger partial charge in [-0.25, -0.2) is 9.67 Å². The van der Waals surface area contributed by atoms with Crippen LogP contribution in [-0.4, -0.2) is 21.3 Å². The minimum atomic E-state index is 0.512. The van der Waals surface area contributed by atoms with Crippen LogP contribution in [0.1, 0.15) is 31.0 Å². The van der Waals surface area contributed by atoms with Gasteiger partial charge in [0.2, 0.25) is 4.73 Å². The lowest BCUT2D eigenvalue weighted by Crippen LogP contribution is -2.19. The van der Waals surface area contributed by atoms with Gasteiger partial charge in [-0.05, 0) is 41.7 Å². The second-order valence-corrected chi connectivity index (χ2v) is 4.09. The van der Waals surface area contributed by atoms with Crippen molar-refractivity contribution in [1.29, 1.82) is 0 Å². The molecule has 2 heterocycles. The number of hydrogen-bond donors (Lipinski definition) is 1. The van der Waals surface area contributed by atoms with E-state index in [-0.39, 0.29) is 0 Å². The fraction of sp³-hybridized carbons (Fsp3) is 0.750. The second kappa shape index (κ2) is 3.75. The van der Waals surface area contributed by atoms with Crippen LogP contribution in [0.5, 0.6) is 0 Å². The Hall–Kier alpha value is -0.420. The normalized spacial score (nSPS) is 21.5. The van der Waals surface area contributed by atoms with Gasteiger partial charge in [-0.3, -0.25) is 0 Å². The van der Waals surface area contributed by atoms with E-state index in [4.69, 9.17) is 5.73 Å². The minimum absolute atomic E-state index is 0.512.